The van der Waals surface area contributed by atoms with Crippen LogP contribution < -0.4 is 10.2 Å². The van der Waals surface area contributed by atoms with Crippen LogP contribution in [0, 0.1) is 0 Å². The minimum Gasteiger partial charge on any atom is -0.356 e. The van der Waals surface area contributed by atoms with Crippen LogP contribution in [0.3, 0.4) is 0 Å². The highest BCUT2D eigenvalue weighted by Gasteiger charge is 2.11. The van der Waals surface area contributed by atoms with Gasteiger partial charge in [-0.15, -0.1) is 0 Å². The number of anilines is 2. The topological polar surface area (TPSA) is 58.9 Å². The lowest BCUT2D eigenvalue weighted by molar-refractivity contribution is 0.659. The van der Waals surface area contributed by atoms with Gasteiger partial charge in [0.25, 0.3) is 0 Å². The highest BCUT2D eigenvalue weighted by Crippen LogP contribution is 2.17. The lowest BCUT2D eigenvalue weighted by Gasteiger charge is -2.21. The van der Waals surface area contributed by atoms with Crippen LogP contribution in [0.5, 0.6) is 0 Å². The first-order valence-electron chi connectivity index (χ1n) is 8.19. The monoisotopic (exact) mass is 300 g/mol. The molecule has 3 heterocycles. The number of hydrogen-bond acceptors (Lipinski definition) is 5. The first-order chi connectivity index (χ1) is 10.9. The minimum absolute atomic E-state index is 0.729. The first-order valence-corrected chi connectivity index (χ1v) is 8.19. The van der Waals surface area contributed by atoms with Crippen molar-refractivity contribution >= 4 is 11.8 Å². The molecule has 0 spiro atoms. The summed E-state index contributed by atoms with van der Waals surface area (Å²) in [5.74, 6) is 1.78. The summed E-state index contributed by atoms with van der Waals surface area (Å²) in [6.07, 6.45) is 13.7. The van der Waals surface area contributed by atoms with Crippen molar-refractivity contribution in [2.24, 2.45) is 0 Å². The molecule has 6 nitrogen and oxygen atoms in total. The maximum absolute atomic E-state index is 4.66. The Morgan fingerprint density at radius 1 is 1.09 bits per heavy atom. The van der Waals surface area contributed by atoms with E-state index < -0.39 is 0 Å². The summed E-state index contributed by atoms with van der Waals surface area (Å²) in [7, 11) is 0. The van der Waals surface area contributed by atoms with Crippen molar-refractivity contribution in [3.05, 3.63) is 31.0 Å². The quantitative estimate of drug-likeness (QED) is 0.831. The zero-order chi connectivity index (χ0) is 15.0. The Morgan fingerprint density at radius 2 is 1.95 bits per heavy atom. The van der Waals surface area contributed by atoms with Crippen molar-refractivity contribution in [1.82, 2.24) is 19.5 Å². The summed E-state index contributed by atoms with van der Waals surface area (Å²) < 4.78 is 2.08. The molecule has 2 aromatic rings. The van der Waals surface area contributed by atoms with E-state index in [0.717, 1.165) is 44.4 Å². The second kappa shape index (κ2) is 7.77. The van der Waals surface area contributed by atoms with Gasteiger partial charge in [-0.25, -0.2) is 9.97 Å². The molecule has 0 aliphatic carbocycles. The molecule has 2 aromatic heterocycles. The number of aryl methyl sites for hydroxylation is 1. The van der Waals surface area contributed by atoms with Gasteiger partial charge in [-0.3, -0.25) is 0 Å². The Labute approximate surface area is 131 Å². The molecule has 0 bridgehead atoms. The fourth-order valence-electron chi connectivity index (χ4n) is 2.79. The molecule has 1 aliphatic rings. The number of imidazole rings is 1. The lowest BCUT2D eigenvalue weighted by Crippen LogP contribution is -2.25. The maximum atomic E-state index is 4.66. The molecule has 6 heteroatoms. The fraction of sp³-hybridized carbons (Fsp3) is 0.562. The van der Waals surface area contributed by atoms with Gasteiger partial charge in [-0.05, 0) is 25.3 Å². The molecule has 0 radical (unpaired) electrons. The molecule has 1 N–H and O–H groups in total. The van der Waals surface area contributed by atoms with Gasteiger partial charge in [0.05, 0.1) is 6.33 Å². The molecular formula is C16H24N6. The summed E-state index contributed by atoms with van der Waals surface area (Å²) in [5.41, 5.74) is 0. The summed E-state index contributed by atoms with van der Waals surface area (Å²) in [6, 6.07) is 2.02. The molecule has 0 saturated carbocycles. The van der Waals surface area contributed by atoms with Gasteiger partial charge in [-0.2, -0.15) is 4.98 Å². The molecule has 0 atom stereocenters. The Bertz CT molecular complexity index is 546. The zero-order valence-corrected chi connectivity index (χ0v) is 13.0. The number of aromatic nitrogens is 4. The van der Waals surface area contributed by atoms with Crippen LogP contribution in [0.2, 0.25) is 0 Å². The molecule has 22 heavy (non-hydrogen) atoms. The van der Waals surface area contributed by atoms with E-state index in [0.29, 0.717) is 0 Å². The zero-order valence-electron chi connectivity index (χ0n) is 13.0. The van der Waals surface area contributed by atoms with Crippen molar-refractivity contribution in [3.63, 3.8) is 0 Å². The van der Waals surface area contributed by atoms with E-state index >= 15 is 0 Å². The Kier molecular flexibility index (Phi) is 5.23. The molecule has 0 unspecified atom stereocenters. The van der Waals surface area contributed by atoms with Crippen LogP contribution in [-0.4, -0.2) is 39.2 Å². The second-order valence-electron chi connectivity index (χ2n) is 5.72. The van der Waals surface area contributed by atoms with Gasteiger partial charge in [0, 0.05) is 44.8 Å². The SMILES string of the molecule is c1cn(CCCNc2nccc(N3CCCCCC3)n2)cn1. The lowest BCUT2D eigenvalue weighted by atomic mass is 10.2. The van der Waals surface area contributed by atoms with Gasteiger partial charge >= 0.3 is 0 Å². The van der Waals surface area contributed by atoms with Crippen molar-refractivity contribution in [2.45, 2.75) is 38.6 Å². The van der Waals surface area contributed by atoms with Gasteiger partial charge in [0.2, 0.25) is 5.95 Å². The van der Waals surface area contributed by atoms with Crippen LogP contribution in [0.4, 0.5) is 11.8 Å². The summed E-state index contributed by atoms with van der Waals surface area (Å²) in [5, 5.41) is 3.32. The average Bonchev–Trinajstić information content (AvgIpc) is 2.92. The Hall–Kier alpha value is -2.11. The predicted molar refractivity (Wildman–Crippen MR) is 88.0 cm³/mol. The van der Waals surface area contributed by atoms with Crippen LogP contribution >= 0.6 is 0 Å². The number of rotatable bonds is 6. The number of nitrogens with zero attached hydrogens (tertiary/aromatic N) is 5. The van der Waals surface area contributed by atoms with Crippen LogP contribution in [-0.2, 0) is 6.54 Å². The predicted octanol–water partition coefficient (Wildman–Crippen LogP) is 2.56. The standard InChI is InChI=1S/C16H24N6/c1-2-4-12-22(11-3-1)15-6-8-19-16(20-15)18-7-5-10-21-13-9-17-14-21/h6,8-9,13-14H,1-5,7,10-12H2,(H,18,19,20). The third kappa shape index (κ3) is 4.19. The van der Waals surface area contributed by atoms with E-state index in [1.807, 2.05) is 24.8 Å². The molecule has 0 amide bonds. The minimum atomic E-state index is 0.729. The second-order valence-corrected chi connectivity index (χ2v) is 5.72. The summed E-state index contributed by atoms with van der Waals surface area (Å²) in [4.78, 5) is 15.4. The van der Waals surface area contributed by atoms with Crippen LogP contribution in [0.25, 0.3) is 0 Å². The molecule has 1 aliphatic heterocycles. The van der Waals surface area contributed by atoms with Crippen molar-refractivity contribution < 1.29 is 0 Å². The Morgan fingerprint density at radius 3 is 2.73 bits per heavy atom. The van der Waals surface area contributed by atoms with E-state index in [1.54, 1.807) is 6.20 Å². The van der Waals surface area contributed by atoms with E-state index in [1.165, 1.54) is 25.7 Å². The van der Waals surface area contributed by atoms with Crippen LogP contribution in [0.1, 0.15) is 32.1 Å². The van der Waals surface area contributed by atoms with Gasteiger partial charge in [-0.1, -0.05) is 12.8 Å². The summed E-state index contributed by atoms with van der Waals surface area (Å²) in [6.45, 7) is 4.04. The number of nitrogens with one attached hydrogen (secondary N) is 1. The number of hydrogen-bond donors (Lipinski definition) is 1. The summed E-state index contributed by atoms with van der Waals surface area (Å²) >= 11 is 0. The largest absolute Gasteiger partial charge is 0.356 e. The average molecular weight is 300 g/mol. The van der Waals surface area contributed by atoms with Gasteiger partial charge < -0.3 is 14.8 Å². The van der Waals surface area contributed by atoms with E-state index in [2.05, 4.69) is 29.7 Å². The van der Waals surface area contributed by atoms with E-state index in [9.17, 15) is 0 Å². The smallest absolute Gasteiger partial charge is 0.224 e. The molecular weight excluding hydrogens is 276 g/mol. The van der Waals surface area contributed by atoms with Crippen molar-refractivity contribution in [3.8, 4) is 0 Å². The molecule has 1 saturated heterocycles. The molecule has 0 aromatic carbocycles. The third-order valence-corrected chi connectivity index (χ3v) is 4.01. The molecule has 118 valence electrons. The third-order valence-electron chi connectivity index (χ3n) is 4.01. The highest BCUT2D eigenvalue weighted by molar-refractivity contribution is 5.42. The van der Waals surface area contributed by atoms with E-state index in [-0.39, 0.29) is 0 Å². The highest BCUT2D eigenvalue weighted by atomic mass is 15.2. The van der Waals surface area contributed by atoms with E-state index in [4.69, 9.17) is 0 Å². The Balaban J connectivity index is 1.50. The first kappa shape index (κ1) is 14.8. The van der Waals surface area contributed by atoms with Gasteiger partial charge in [0.15, 0.2) is 0 Å². The van der Waals surface area contributed by atoms with Crippen LogP contribution in [0.15, 0.2) is 31.0 Å². The fourth-order valence-corrected chi connectivity index (χ4v) is 2.79. The normalized spacial score (nSPS) is 15.5. The van der Waals surface area contributed by atoms with Crippen molar-refractivity contribution in [2.75, 3.05) is 29.9 Å². The van der Waals surface area contributed by atoms with Crippen molar-refractivity contribution in [1.29, 1.82) is 0 Å². The molecule has 1 fully saturated rings. The molecule has 3 rings (SSSR count). The maximum Gasteiger partial charge on any atom is 0.224 e. The van der Waals surface area contributed by atoms with Gasteiger partial charge in [0.1, 0.15) is 5.82 Å².